The second-order valence-electron chi connectivity index (χ2n) is 3.69. The summed E-state index contributed by atoms with van der Waals surface area (Å²) in [4.78, 5) is 24.0. The van der Waals surface area contributed by atoms with Crippen LogP contribution in [0.1, 0.15) is 5.56 Å². The third-order valence-electron chi connectivity index (χ3n) is 2.33. The summed E-state index contributed by atoms with van der Waals surface area (Å²) < 4.78 is 1.17. The van der Waals surface area contributed by atoms with Crippen molar-refractivity contribution in [3.8, 4) is 0 Å². The molecule has 0 spiro atoms. The summed E-state index contributed by atoms with van der Waals surface area (Å²) in [7, 11) is 0. The van der Waals surface area contributed by atoms with Crippen LogP contribution in [0.25, 0.3) is 6.08 Å². The maximum atomic E-state index is 12.0. The molecule has 7 heteroatoms. The van der Waals surface area contributed by atoms with Crippen LogP contribution in [-0.4, -0.2) is 27.6 Å². The Morgan fingerprint density at radius 3 is 2.63 bits per heavy atom. The normalized spacial score (nSPS) is 17.3. The number of halogens is 1. The molecule has 1 aromatic rings. The van der Waals surface area contributed by atoms with Crippen molar-refractivity contribution in [3.05, 3.63) is 39.2 Å². The van der Waals surface area contributed by atoms with Gasteiger partial charge in [-0.2, -0.15) is 0 Å². The molecule has 0 unspecified atom stereocenters. The molecule has 1 fully saturated rings. The zero-order valence-corrected chi connectivity index (χ0v) is 12.7. The number of aliphatic carboxylic acids is 1. The van der Waals surface area contributed by atoms with Gasteiger partial charge < -0.3 is 9.90 Å². The monoisotopic (exact) mass is 356 g/mol. The van der Waals surface area contributed by atoms with Crippen LogP contribution in [-0.2, 0) is 9.59 Å². The Labute approximate surface area is 127 Å². The lowest BCUT2D eigenvalue weighted by atomic mass is 10.2. The fourth-order valence-electron chi connectivity index (χ4n) is 1.48. The number of thioether (sulfide) groups is 1. The Balaban J connectivity index is 2.23. The maximum absolute atomic E-state index is 12.0. The summed E-state index contributed by atoms with van der Waals surface area (Å²) in [6.07, 6.45) is 1.68. The van der Waals surface area contributed by atoms with E-state index in [0.717, 1.165) is 26.7 Å². The molecular weight excluding hydrogens is 350 g/mol. The lowest BCUT2D eigenvalue weighted by Crippen LogP contribution is -2.40. The first kappa shape index (κ1) is 14.2. The predicted molar refractivity (Wildman–Crippen MR) is 79.0 cm³/mol. The Morgan fingerprint density at radius 1 is 1.42 bits per heavy atom. The average Bonchev–Trinajstić information content (AvgIpc) is 2.60. The Bertz CT molecular complexity index is 583. The van der Waals surface area contributed by atoms with Gasteiger partial charge in [-0.05, 0) is 23.8 Å². The van der Waals surface area contributed by atoms with Gasteiger partial charge >= 0.3 is 0 Å². The van der Waals surface area contributed by atoms with E-state index in [9.17, 15) is 14.7 Å². The summed E-state index contributed by atoms with van der Waals surface area (Å²) in [6.45, 7) is -0.512. The van der Waals surface area contributed by atoms with Gasteiger partial charge in [-0.3, -0.25) is 9.69 Å². The largest absolute Gasteiger partial charge is 0.548 e. The topological polar surface area (TPSA) is 60.4 Å². The molecule has 1 aromatic carbocycles. The number of hydrogen-bond donors (Lipinski definition) is 0. The van der Waals surface area contributed by atoms with Gasteiger partial charge in [-0.1, -0.05) is 52.0 Å². The molecule has 0 bridgehead atoms. The van der Waals surface area contributed by atoms with Crippen LogP contribution in [0, 0.1) is 0 Å². The van der Waals surface area contributed by atoms with E-state index in [1.807, 2.05) is 24.3 Å². The van der Waals surface area contributed by atoms with Crippen molar-refractivity contribution >= 4 is 62.2 Å². The molecule has 0 atom stereocenters. The molecule has 1 aliphatic rings. The summed E-state index contributed by atoms with van der Waals surface area (Å²) in [5.41, 5.74) is 0.845. The maximum Gasteiger partial charge on any atom is 0.266 e. The van der Waals surface area contributed by atoms with Crippen LogP contribution in [0.2, 0.25) is 0 Å². The number of carbonyl (C=O) groups is 2. The second kappa shape index (κ2) is 5.85. The first-order valence-electron chi connectivity index (χ1n) is 5.18. The van der Waals surface area contributed by atoms with Gasteiger partial charge in [-0.25, -0.2) is 0 Å². The van der Waals surface area contributed by atoms with Crippen LogP contribution in [0.15, 0.2) is 33.6 Å². The molecule has 4 nitrogen and oxygen atoms in total. The predicted octanol–water partition coefficient (Wildman–Crippen LogP) is 1.40. The fraction of sp³-hybridized carbons (Fsp3) is 0.0833. The van der Waals surface area contributed by atoms with Crippen molar-refractivity contribution in [2.24, 2.45) is 0 Å². The minimum absolute atomic E-state index is 0.234. The van der Waals surface area contributed by atoms with Gasteiger partial charge in [0.2, 0.25) is 0 Å². The first-order chi connectivity index (χ1) is 8.97. The van der Waals surface area contributed by atoms with E-state index in [1.165, 1.54) is 0 Å². The molecule has 98 valence electrons. The van der Waals surface area contributed by atoms with Crippen molar-refractivity contribution in [2.45, 2.75) is 0 Å². The molecule has 0 N–H and O–H groups in total. The molecule has 0 saturated carbocycles. The highest BCUT2D eigenvalue weighted by Crippen LogP contribution is 2.32. The molecule has 1 aliphatic heterocycles. The van der Waals surface area contributed by atoms with Gasteiger partial charge in [-0.15, -0.1) is 0 Å². The third kappa shape index (κ3) is 3.43. The molecular formula is C12H7BrNO3S2-. The highest BCUT2D eigenvalue weighted by Gasteiger charge is 2.31. The number of benzene rings is 1. The number of amides is 1. The molecule has 19 heavy (non-hydrogen) atoms. The minimum atomic E-state index is -1.33. The van der Waals surface area contributed by atoms with E-state index >= 15 is 0 Å². The van der Waals surface area contributed by atoms with Gasteiger partial charge in [0.1, 0.15) is 4.32 Å². The molecule has 0 radical (unpaired) electrons. The number of thiocarbonyl (C=S) groups is 1. The Morgan fingerprint density at radius 2 is 2.05 bits per heavy atom. The van der Waals surface area contributed by atoms with Crippen molar-refractivity contribution in [3.63, 3.8) is 0 Å². The molecule has 1 saturated heterocycles. The number of carboxylic acid groups (broad SMARTS) is 1. The van der Waals surface area contributed by atoms with Crippen molar-refractivity contribution in [1.82, 2.24) is 4.90 Å². The number of rotatable bonds is 3. The summed E-state index contributed by atoms with van der Waals surface area (Å²) in [5, 5.41) is 10.6. The minimum Gasteiger partial charge on any atom is -0.548 e. The molecule has 1 heterocycles. The molecule has 0 aliphatic carbocycles. The highest BCUT2D eigenvalue weighted by atomic mass is 79.9. The van der Waals surface area contributed by atoms with Crippen LogP contribution in [0.4, 0.5) is 0 Å². The lowest BCUT2D eigenvalue weighted by molar-refractivity contribution is -0.305. The first-order valence-corrected chi connectivity index (χ1v) is 7.20. The summed E-state index contributed by atoms with van der Waals surface area (Å²) >= 11 is 9.39. The average molecular weight is 357 g/mol. The van der Waals surface area contributed by atoms with Crippen molar-refractivity contribution < 1.29 is 14.7 Å². The highest BCUT2D eigenvalue weighted by molar-refractivity contribution is 9.10. The van der Waals surface area contributed by atoms with E-state index in [4.69, 9.17) is 12.2 Å². The SMILES string of the molecule is O=C([O-])CN1C(=O)C(=Cc2ccc(Br)cc2)SC1=S. The third-order valence-corrected chi connectivity index (χ3v) is 4.24. The number of carboxylic acids is 1. The summed E-state index contributed by atoms with van der Waals surface area (Å²) in [6, 6.07) is 7.40. The Kier molecular flexibility index (Phi) is 4.38. The fourth-order valence-corrected chi connectivity index (χ4v) is 3.00. The standard InChI is InChI=1S/C12H8BrNO3S2/c13-8-3-1-7(2-4-8)5-9-11(17)14(6-10(15)16)12(18)19-9/h1-5H,6H2,(H,15,16)/p-1. The number of nitrogens with zero attached hydrogens (tertiary/aromatic N) is 1. The van der Waals surface area contributed by atoms with Crippen LogP contribution >= 0.6 is 39.9 Å². The number of hydrogen-bond acceptors (Lipinski definition) is 5. The van der Waals surface area contributed by atoms with E-state index in [2.05, 4.69) is 15.9 Å². The molecule has 1 amide bonds. The van der Waals surface area contributed by atoms with Gasteiger partial charge in [0.25, 0.3) is 5.91 Å². The van der Waals surface area contributed by atoms with Gasteiger partial charge in [0.05, 0.1) is 17.4 Å². The van der Waals surface area contributed by atoms with Crippen molar-refractivity contribution in [1.29, 1.82) is 0 Å². The van der Waals surface area contributed by atoms with Gasteiger partial charge in [0, 0.05) is 4.47 Å². The van der Waals surface area contributed by atoms with E-state index in [1.54, 1.807) is 6.08 Å². The zero-order chi connectivity index (χ0) is 14.0. The molecule has 2 rings (SSSR count). The van der Waals surface area contributed by atoms with Crippen LogP contribution in [0.3, 0.4) is 0 Å². The van der Waals surface area contributed by atoms with Crippen molar-refractivity contribution in [2.75, 3.05) is 6.54 Å². The smallest absolute Gasteiger partial charge is 0.266 e. The summed E-state index contributed by atoms with van der Waals surface area (Å²) in [5.74, 6) is -1.73. The Hall–Kier alpha value is -1.18. The zero-order valence-electron chi connectivity index (χ0n) is 9.46. The van der Waals surface area contributed by atoms with E-state index < -0.39 is 18.4 Å². The van der Waals surface area contributed by atoms with E-state index in [-0.39, 0.29) is 4.32 Å². The quantitative estimate of drug-likeness (QED) is 0.605. The van der Waals surface area contributed by atoms with Gasteiger partial charge in [0.15, 0.2) is 0 Å². The van der Waals surface area contributed by atoms with Crippen LogP contribution < -0.4 is 5.11 Å². The lowest BCUT2D eigenvalue weighted by Gasteiger charge is -2.14. The van der Waals surface area contributed by atoms with Crippen LogP contribution in [0.5, 0.6) is 0 Å². The number of carbonyl (C=O) groups excluding carboxylic acids is 2. The molecule has 0 aromatic heterocycles. The van der Waals surface area contributed by atoms with E-state index in [0.29, 0.717) is 4.91 Å². The second-order valence-corrected chi connectivity index (χ2v) is 6.28.